The molecule has 128 valence electrons. The highest BCUT2D eigenvalue weighted by molar-refractivity contribution is 6.06. The van der Waals surface area contributed by atoms with Crippen LogP contribution in [0.4, 0.5) is 0 Å². The van der Waals surface area contributed by atoms with Gasteiger partial charge >= 0.3 is 0 Å². The molecule has 1 amide bonds. The molecule has 2 N–H and O–H groups in total. The van der Waals surface area contributed by atoms with Gasteiger partial charge in [0.15, 0.2) is 0 Å². The molecule has 0 saturated carbocycles. The van der Waals surface area contributed by atoms with Gasteiger partial charge in [0.1, 0.15) is 0 Å². The van der Waals surface area contributed by atoms with Crippen LogP contribution in [-0.4, -0.2) is 53.2 Å². The maximum absolute atomic E-state index is 12.4. The van der Waals surface area contributed by atoms with Gasteiger partial charge in [0, 0.05) is 30.4 Å². The molecule has 1 unspecified atom stereocenters. The van der Waals surface area contributed by atoms with Crippen molar-refractivity contribution in [1.29, 1.82) is 0 Å². The first-order valence-corrected chi connectivity index (χ1v) is 8.75. The molecule has 1 atom stereocenters. The van der Waals surface area contributed by atoms with Crippen LogP contribution < -0.4 is 5.32 Å². The standard InChI is InChI=1S/C19H25N3O2/c23-14-16-7-5-11-22(16)10-4-3-9-21-19(24)18-13-20-12-15-6-1-2-8-17(15)18/h1-2,6,8,12-13,16,23H,3-5,7,9-11,14H2,(H,21,24). The van der Waals surface area contributed by atoms with Gasteiger partial charge < -0.3 is 10.4 Å². The van der Waals surface area contributed by atoms with E-state index in [1.54, 1.807) is 12.4 Å². The summed E-state index contributed by atoms with van der Waals surface area (Å²) in [6.45, 7) is 3.00. The minimum atomic E-state index is -0.0614. The van der Waals surface area contributed by atoms with Crippen molar-refractivity contribution in [2.75, 3.05) is 26.2 Å². The molecule has 2 aromatic rings. The fraction of sp³-hybridized carbons (Fsp3) is 0.474. The summed E-state index contributed by atoms with van der Waals surface area (Å²) in [5.74, 6) is -0.0614. The monoisotopic (exact) mass is 327 g/mol. The largest absolute Gasteiger partial charge is 0.395 e. The van der Waals surface area contributed by atoms with Crippen LogP contribution in [0, 0.1) is 0 Å². The second kappa shape index (κ2) is 8.22. The molecular weight excluding hydrogens is 302 g/mol. The topological polar surface area (TPSA) is 65.5 Å². The summed E-state index contributed by atoms with van der Waals surface area (Å²) in [5.41, 5.74) is 0.632. The second-order valence-corrected chi connectivity index (χ2v) is 6.39. The molecule has 5 heteroatoms. The highest BCUT2D eigenvalue weighted by Gasteiger charge is 2.22. The van der Waals surface area contributed by atoms with E-state index in [9.17, 15) is 9.90 Å². The van der Waals surface area contributed by atoms with Crippen molar-refractivity contribution in [2.45, 2.75) is 31.7 Å². The van der Waals surface area contributed by atoms with E-state index in [1.165, 1.54) is 6.42 Å². The number of unbranched alkanes of at least 4 members (excludes halogenated alkanes) is 1. The summed E-state index contributed by atoms with van der Waals surface area (Å²) in [5, 5.41) is 14.2. The average Bonchev–Trinajstić information content (AvgIpc) is 3.08. The van der Waals surface area contributed by atoms with Crippen molar-refractivity contribution < 1.29 is 9.90 Å². The number of amides is 1. The molecule has 1 aliphatic heterocycles. The Labute approximate surface area is 142 Å². The van der Waals surface area contributed by atoms with Crippen molar-refractivity contribution in [3.63, 3.8) is 0 Å². The summed E-state index contributed by atoms with van der Waals surface area (Å²) in [7, 11) is 0. The maximum atomic E-state index is 12.4. The number of rotatable bonds is 7. The smallest absolute Gasteiger partial charge is 0.253 e. The Morgan fingerprint density at radius 3 is 3.04 bits per heavy atom. The van der Waals surface area contributed by atoms with Gasteiger partial charge in [-0.1, -0.05) is 24.3 Å². The number of aliphatic hydroxyl groups excluding tert-OH is 1. The van der Waals surface area contributed by atoms with E-state index in [2.05, 4.69) is 15.2 Å². The van der Waals surface area contributed by atoms with E-state index in [-0.39, 0.29) is 12.5 Å². The molecule has 1 aliphatic rings. The Bertz CT molecular complexity index is 684. The number of benzene rings is 1. The fourth-order valence-electron chi connectivity index (χ4n) is 3.43. The Balaban J connectivity index is 1.46. The van der Waals surface area contributed by atoms with Crippen LogP contribution >= 0.6 is 0 Å². The number of nitrogens with one attached hydrogen (secondary N) is 1. The average molecular weight is 327 g/mol. The van der Waals surface area contributed by atoms with Gasteiger partial charge in [-0.15, -0.1) is 0 Å². The molecule has 0 aliphatic carbocycles. The lowest BCUT2D eigenvalue weighted by Crippen LogP contribution is -2.33. The van der Waals surface area contributed by atoms with Crippen molar-refractivity contribution in [2.24, 2.45) is 0 Å². The van der Waals surface area contributed by atoms with Crippen LogP contribution in [0.15, 0.2) is 36.7 Å². The van der Waals surface area contributed by atoms with Crippen molar-refractivity contribution in [3.8, 4) is 0 Å². The number of nitrogens with zero attached hydrogens (tertiary/aromatic N) is 2. The quantitative estimate of drug-likeness (QED) is 0.765. The molecular formula is C19H25N3O2. The first kappa shape index (κ1) is 16.9. The van der Waals surface area contributed by atoms with E-state index in [4.69, 9.17) is 0 Å². The lowest BCUT2D eigenvalue weighted by atomic mass is 10.1. The van der Waals surface area contributed by atoms with E-state index in [1.807, 2.05) is 24.3 Å². The van der Waals surface area contributed by atoms with E-state index in [0.717, 1.165) is 43.1 Å². The van der Waals surface area contributed by atoms with E-state index >= 15 is 0 Å². The third-order valence-corrected chi connectivity index (χ3v) is 4.78. The predicted octanol–water partition coefficient (Wildman–Crippen LogP) is 2.20. The van der Waals surface area contributed by atoms with Gasteiger partial charge in [-0.25, -0.2) is 0 Å². The number of likely N-dealkylation sites (tertiary alicyclic amines) is 1. The summed E-state index contributed by atoms with van der Waals surface area (Å²) < 4.78 is 0. The number of aromatic nitrogens is 1. The minimum absolute atomic E-state index is 0.0614. The van der Waals surface area contributed by atoms with Gasteiger partial charge in [-0.2, -0.15) is 0 Å². The van der Waals surface area contributed by atoms with Crippen LogP contribution in [0.25, 0.3) is 10.8 Å². The van der Waals surface area contributed by atoms with Crippen LogP contribution in [0.1, 0.15) is 36.0 Å². The number of carbonyl (C=O) groups is 1. The van der Waals surface area contributed by atoms with Gasteiger partial charge in [-0.3, -0.25) is 14.7 Å². The van der Waals surface area contributed by atoms with Crippen LogP contribution in [0.5, 0.6) is 0 Å². The van der Waals surface area contributed by atoms with Crippen LogP contribution in [0.2, 0.25) is 0 Å². The van der Waals surface area contributed by atoms with E-state index in [0.29, 0.717) is 18.2 Å². The molecule has 0 radical (unpaired) electrons. The summed E-state index contributed by atoms with van der Waals surface area (Å²) in [4.78, 5) is 18.9. The van der Waals surface area contributed by atoms with Gasteiger partial charge in [0.05, 0.1) is 12.2 Å². The fourth-order valence-corrected chi connectivity index (χ4v) is 3.43. The van der Waals surface area contributed by atoms with Crippen molar-refractivity contribution >= 4 is 16.7 Å². The summed E-state index contributed by atoms with van der Waals surface area (Å²) in [6.07, 6.45) is 7.66. The first-order chi connectivity index (χ1) is 11.8. The molecule has 3 rings (SSSR count). The molecule has 2 heterocycles. The highest BCUT2D eigenvalue weighted by Crippen LogP contribution is 2.18. The SMILES string of the molecule is O=C(NCCCCN1CCCC1CO)c1cncc2ccccc12. The third kappa shape index (κ3) is 3.91. The molecule has 1 aromatic carbocycles. The van der Waals surface area contributed by atoms with Crippen molar-refractivity contribution in [3.05, 3.63) is 42.2 Å². The van der Waals surface area contributed by atoms with Gasteiger partial charge in [-0.05, 0) is 44.2 Å². The predicted molar refractivity (Wildman–Crippen MR) is 95.0 cm³/mol. The molecule has 5 nitrogen and oxygen atoms in total. The number of hydrogen-bond acceptors (Lipinski definition) is 4. The van der Waals surface area contributed by atoms with Crippen molar-refractivity contribution in [1.82, 2.24) is 15.2 Å². The minimum Gasteiger partial charge on any atom is -0.395 e. The number of carbonyl (C=O) groups excluding carboxylic acids is 1. The van der Waals surface area contributed by atoms with Gasteiger partial charge in [0.25, 0.3) is 5.91 Å². The Kier molecular flexibility index (Phi) is 5.77. The second-order valence-electron chi connectivity index (χ2n) is 6.39. The molecule has 1 saturated heterocycles. The number of pyridine rings is 1. The number of aliphatic hydroxyl groups is 1. The van der Waals surface area contributed by atoms with Crippen LogP contribution in [-0.2, 0) is 0 Å². The first-order valence-electron chi connectivity index (χ1n) is 8.75. The number of fused-ring (bicyclic) bond motifs is 1. The Morgan fingerprint density at radius 1 is 1.29 bits per heavy atom. The highest BCUT2D eigenvalue weighted by atomic mass is 16.3. The Morgan fingerprint density at radius 2 is 2.17 bits per heavy atom. The normalized spacial score (nSPS) is 18.1. The van der Waals surface area contributed by atoms with Crippen LogP contribution in [0.3, 0.4) is 0 Å². The summed E-state index contributed by atoms with van der Waals surface area (Å²) in [6, 6.07) is 8.14. The maximum Gasteiger partial charge on any atom is 0.253 e. The lowest BCUT2D eigenvalue weighted by Gasteiger charge is -2.22. The zero-order valence-corrected chi connectivity index (χ0v) is 13.9. The zero-order chi connectivity index (χ0) is 16.8. The molecule has 24 heavy (non-hydrogen) atoms. The van der Waals surface area contributed by atoms with Gasteiger partial charge in [0.2, 0.25) is 0 Å². The zero-order valence-electron chi connectivity index (χ0n) is 13.9. The molecule has 1 aromatic heterocycles. The molecule has 0 bridgehead atoms. The lowest BCUT2D eigenvalue weighted by molar-refractivity contribution is 0.0953. The number of hydrogen-bond donors (Lipinski definition) is 2. The summed E-state index contributed by atoms with van der Waals surface area (Å²) >= 11 is 0. The molecule has 0 spiro atoms. The van der Waals surface area contributed by atoms with E-state index < -0.39 is 0 Å². The third-order valence-electron chi connectivity index (χ3n) is 4.78. The Hall–Kier alpha value is -1.98. The molecule has 1 fully saturated rings.